The van der Waals surface area contributed by atoms with Crippen LogP contribution in [-0.4, -0.2) is 28.6 Å². The standard InChI is InChI=1S/C22H19N3O4/c1-15(26)22(2,21(28)25-29)24-20(27)18-11-7-16(8-12-18)5-3-4-6-17-9-13-19(23)14-10-17/h7-15,26H,23H2,1-2H3,(H,24,27). The molecule has 0 spiro atoms. The van der Waals surface area contributed by atoms with E-state index in [9.17, 15) is 19.6 Å². The first-order valence-corrected chi connectivity index (χ1v) is 8.62. The van der Waals surface area contributed by atoms with Crippen LogP contribution in [0, 0.1) is 28.6 Å². The van der Waals surface area contributed by atoms with E-state index in [1.54, 1.807) is 36.4 Å². The third-order valence-electron chi connectivity index (χ3n) is 4.27. The van der Waals surface area contributed by atoms with E-state index >= 15 is 0 Å². The van der Waals surface area contributed by atoms with Gasteiger partial charge in [-0.05, 0) is 74.2 Å². The second kappa shape index (κ2) is 9.32. The Morgan fingerprint density at radius 2 is 1.52 bits per heavy atom. The molecule has 2 unspecified atom stereocenters. The lowest BCUT2D eigenvalue weighted by Gasteiger charge is -2.29. The number of benzene rings is 2. The number of aliphatic hydroxyl groups excluding tert-OH is 1. The molecule has 0 aliphatic heterocycles. The maximum atomic E-state index is 12.4. The Labute approximate surface area is 168 Å². The first kappa shape index (κ1) is 21.4. The molecule has 2 amide bonds. The largest absolute Gasteiger partial charge is 0.399 e. The molecular formula is C22H19N3O4. The molecule has 0 fully saturated rings. The van der Waals surface area contributed by atoms with Gasteiger partial charge in [0.05, 0.1) is 6.10 Å². The number of nitrogens with one attached hydrogen (secondary N) is 1. The summed E-state index contributed by atoms with van der Waals surface area (Å²) in [7, 11) is 0. The van der Waals surface area contributed by atoms with Gasteiger partial charge in [0.2, 0.25) is 0 Å². The fourth-order valence-corrected chi connectivity index (χ4v) is 2.22. The van der Waals surface area contributed by atoms with Crippen LogP contribution < -0.4 is 11.1 Å². The molecule has 2 rings (SSSR count). The van der Waals surface area contributed by atoms with E-state index in [1.165, 1.54) is 26.0 Å². The Hall–Kier alpha value is -3.94. The van der Waals surface area contributed by atoms with Gasteiger partial charge in [0.1, 0.15) is 5.54 Å². The Morgan fingerprint density at radius 3 is 1.97 bits per heavy atom. The minimum Gasteiger partial charge on any atom is -0.399 e. The molecule has 0 heterocycles. The number of nitrogens with zero attached hydrogens (tertiary/aromatic N) is 1. The lowest BCUT2D eigenvalue weighted by Crippen LogP contribution is -2.58. The van der Waals surface area contributed by atoms with Crippen molar-refractivity contribution in [2.75, 3.05) is 5.73 Å². The Kier molecular flexibility index (Phi) is 6.86. The van der Waals surface area contributed by atoms with Crippen molar-refractivity contribution in [3.63, 3.8) is 0 Å². The summed E-state index contributed by atoms with van der Waals surface area (Å²) < 4.78 is 0. The van der Waals surface area contributed by atoms with Gasteiger partial charge in [0.25, 0.3) is 5.91 Å². The Bertz CT molecular complexity index is 1040. The van der Waals surface area contributed by atoms with Crippen LogP contribution in [-0.2, 0) is 4.79 Å². The van der Waals surface area contributed by atoms with E-state index in [0.717, 1.165) is 5.56 Å². The summed E-state index contributed by atoms with van der Waals surface area (Å²) in [6.07, 6.45) is -1.30. The normalized spacial score (nSPS) is 12.8. The number of rotatable bonds is 4. The molecular weight excluding hydrogens is 370 g/mol. The van der Waals surface area contributed by atoms with Gasteiger partial charge in [-0.1, -0.05) is 11.8 Å². The number of hydrogen-bond acceptors (Lipinski definition) is 5. The highest BCUT2D eigenvalue weighted by molar-refractivity contribution is 5.99. The third-order valence-corrected chi connectivity index (χ3v) is 4.27. The smallest absolute Gasteiger partial charge is 0.313 e. The molecule has 0 bridgehead atoms. The highest BCUT2D eigenvalue weighted by Crippen LogP contribution is 2.14. The second-order valence-electron chi connectivity index (χ2n) is 6.43. The SMILES string of the molecule is CC(O)C(C)(NC(=O)c1ccc(C#CC#Cc2ccc(N)cc2)cc1)C(=O)N=O. The van der Waals surface area contributed by atoms with Gasteiger partial charge in [-0.3, -0.25) is 9.59 Å². The van der Waals surface area contributed by atoms with Crippen LogP contribution in [0.4, 0.5) is 5.69 Å². The Balaban J connectivity index is 2.09. The number of amides is 2. The van der Waals surface area contributed by atoms with Gasteiger partial charge in [0, 0.05) is 27.6 Å². The number of carbonyl (C=O) groups excluding carboxylic acids is 2. The van der Waals surface area contributed by atoms with Gasteiger partial charge in [0.15, 0.2) is 0 Å². The summed E-state index contributed by atoms with van der Waals surface area (Å²) in [5.74, 6) is 9.41. The summed E-state index contributed by atoms with van der Waals surface area (Å²) in [5, 5.41) is 14.4. The van der Waals surface area contributed by atoms with Crippen LogP contribution in [0.1, 0.15) is 35.3 Å². The molecule has 0 radical (unpaired) electrons. The molecule has 0 saturated heterocycles. The summed E-state index contributed by atoms with van der Waals surface area (Å²) >= 11 is 0. The first-order valence-electron chi connectivity index (χ1n) is 8.62. The molecule has 4 N–H and O–H groups in total. The van der Waals surface area contributed by atoms with Gasteiger partial charge in [-0.25, -0.2) is 0 Å². The molecule has 29 heavy (non-hydrogen) atoms. The molecule has 0 saturated carbocycles. The summed E-state index contributed by atoms with van der Waals surface area (Å²) in [6.45, 7) is 2.52. The van der Waals surface area contributed by atoms with Crippen LogP contribution in [0.5, 0.6) is 0 Å². The molecule has 0 aromatic heterocycles. The minimum absolute atomic E-state index is 0.231. The van der Waals surface area contributed by atoms with Crippen LogP contribution in [0.2, 0.25) is 0 Å². The zero-order chi connectivity index (χ0) is 21.4. The molecule has 2 aromatic carbocycles. The minimum atomic E-state index is -1.81. The monoisotopic (exact) mass is 389 g/mol. The number of hydrogen-bond donors (Lipinski definition) is 3. The zero-order valence-electron chi connectivity index (χ0n) is 15.9. The van der Waals surface area contributed by atoms with Crippen LogP contribution in [0.3, 0.4) is 0 Å². The van der Waals surface area contributed by atoms with Crippen molar-refractivity contribution in [2.24, 2.45) is 5.18 Å². The predicted molar refractivity (Wildman–Crippen MR) is 109 cm³/mol. The third kappa shape index (κ3) is 5.52. The quantitative estimate of drug-likeness (QED) is 0.418. The van der Waals surface area contributed by atoms with Gasteiger partial charge >= 0.3 is 5.91 Å². The number of nitrogens with two attached hydrogens (primary N) is 1. The lowest BCUT2D eigenvalue weighted by molar-refractivity contribution is -0.127. The maximum Gasteiger partial charge on any atom is 0.313 e. The van der Waals surface area contributed by atoms with Gasteiger partial charge in [-0.15, -0.1) is 4.91 Å². The van der Waals surface area contributed by atoms with Crippen LogP contribution in [0.25, 0.3) is 0 Å². The molecule has 0 aliphatic rings. The van der Waals surface area contributed by atoms with Crippen molar-refractivity contribution in [1.29, 1.82) is 0 Å². The summed E-state index contributed by atoms with van der Waals surface area (Å²) in [5.41, 5.74) is 6.12. The van der Waals surface area contributed by atoms with E-state index in [2.05, 4.69) is 34.2 Å². The fraction of sp³-hybridized carbons (Fsp3) is 0.182. The van der Waals surface area contributed by atoms with E-state index < -0.39 is 23.5 Å². The average molecular weight is 389 g/mol. The molecule has 146 valence electrons. The molecule has 0 aliphatic carbocycles. The second-order valence-corrected chi connectivity index (χ2v) is 6.43. The van der Waals surface area contributed by atoms with E-state index in [0.29, 0.717) is 11.3 Å². The van der Waals surface area contributed by atoms with Crippen LogP contribution in [0.15, 0.2) is 53.7 Å². The van der Waals surface area contributed by atoms with Crippen LogP contribution >= 0.6 is 0 Å². The van der Waals surface area contributed by atoms with Crippen molar-refractivity contribution >= 4 is 17.5 Å². The highest BCUT2D eigenvalue weighted by Gasteiger charge is 2.41. The summed E-state index contributed by atoms with van der Waals surface area (Å²) in [6, 6.07) is 13.3. The average Bonchev–Trinajstić information content (AvgIpc) is 2.72. The lowest BCUT2D eigenvalue weighted by atomic mass is 9.94. The number of nitroso groups, excluding NO2 is 1. The van der Waals surface area contributed by atoms with E-state index in [4.69, 9.17) is 5.73 Å². The van der Waals surface area contributed by atoms with Gasteiger partial charge in [-0.2, -0.15) is 0 Å². The fourth-order valence-electron chi connectivity index (χ4n) is 2.22. The van der Waals surface area contributed by atoms with E-state index in [1.807, 2.05) is 0 Å². The molecule has 7 heteroatoms. The molecule has 2 aromatic rings. The highest BCUT2D eigenvalue weighted by atomic mass is 16.3. The maximum absolute atomic E-state index is 12.4. The van der Waals surface area contributed by atoms with Gasteiger partial charge < -0.3 is 16.2 Å². The zero-order valence-corrected chi connectivity index (χ0v) is 15.9. The number of anilines is 1. The van der Waals surface area contributed by atoms with Crippen molar-refractivity contribution in [2.45, 2.75) is 25.5 Å². The predicted octanol–water partition coefficient (Wildman–Crippen LogP) is 1.83. The topological polar surface area (TPSA) is 122 Å². The number of aliphatic hydroxyl groups is 1. The van der Waals surface area contributed by atoms with Crippen molar-refractivity contribution in [3.8, 4) is 23.7 Å². The molecule has 2 atom stereocenters. The van der Waals surface area contributed by atoms with Crippen molar-refractivity contribution < 1.29 is 14.7 Å². The first-order chi connectivity index (χ1) is 13.8. The van der Waals surface area contributed by atoms with Crippen molar-refractivity contribution in [1.82, 2.24) is 5.32 Å². The van der Waals surface area contributed by atoms with E-state index in [-0.39, 0.29) is 5.56 Å². The number of carbonyl (C=O) groups is 2. The number of nitrogen functional groups attached to an aromatic ring is 1. The molecule has 7 nitrogen and oxygen atoms in total. The Morgan fingerprint density at radius 1 is 1.03 bits per heavy atom. The summed E-state index contributed by atoms with van der Waals surface area (Å²) in [4.78, 5) is 34.6. The van der Waals surface area contributed by atoms with Crippen molar-refractivity contribution in [3.05, 3.63) is 70.1 Å².